The van der Waals surface area contributed by atoms with Gasteiger partial charge in [-0.2, -0.15) is 0 Å². The van der Waals surface area contributed by atoms with Gasteiger partial charge in [-0.3, -0.25) is 19.7 Å². The van der Waals surface area contributed by atoms with Gasteiger partial charge in [0.15, 0.2) is 0 Å². The lowest BCUT2D eigenvalue weighted by Gasteiger charge is -2.27. The number of nitrogens with one attached hydrogen (secondary N) is 1. The first kappa shape index (κ1) is 13.7. The molecule has 2 rings (SSSR count). The van der Waals surface area contributed by atoms with Crippen LogP contribution in [0.1, 0.15) is 10.4 Å². The molecule has 1 aromatic carbocycles. The van der Waals surface area contributed by atoms with Gasteiger partial charge in [-0.15, -0.1) is 0 Å². The first-order valence-electron chi connectivity index (χ1n) is 5.70. The van der Waals surface area contributed by atoms with Crippen molar-refractivity contribution in [1.82, 2.24) is 10.2 Å². The van der Waals surface area contributed by atoms with Crippen molar-refractivity contribution >= 4 is 23.2 Å². The van der Waals surface area contributed by atoms with Gasteiger partial charge in [-0.1, -0.05) is 0 Å². The fourth-order valence-corrected chi connectivity index (χ4v) is 1.93. The van der Waals surface area contributed by atoms with Crippen molar-refractivity contribution in [3.8, 4) is 0 Å². The van der Waals surface area contributed by atoms with E-state index in [-0.39, 0.29) is 25.5 Å². The monoisotopic (exact) mass is 282 g/mol. The highest BCUT2D eigenvalue weighted by Crippen LogP contribution is 2.28. The van der Waals surface area contributed by atoms with E-state index in [9.17, 15) is 24.1 Å². The average Bonchev–Trinajstić information content (AvgIpc) is 2.38. The molecule has 1 aromatic rings. The number of nitro benzene ring substituents is 1. The van der Waals surface area contributed by atoms with Crippen LogP contribution in [0.2, 0.25) is 0 Å². The number of hydrogen-bond donors (Lipinski definition) is 2. The first-order chi connectivity index (χ1) is 9.41. The topological polar surface area (TPSA) is 119 Å². The molecule has 1 aliphatic heterocycles. The van der Waals surface area contributed by atoms with Crippen LogP contribution in [0.3, 0.4) is 0 Å². The van der Waals surface area contributed by atoms with Crippen LogP contribution in [-0.2, 0) is 4.79 Å². The number of benzene rings is 1. The van der Waals surface area contributed by atoms with Crippen LogP contribution in [0.4, 0.5) is 15.8 Å². The zero-order valence-electron chi connectivity index (χ0n) is 10.3. The van der Waals surface area contributed by atoms with E-state index in [1.54, 1.807) is 0 Å². The van der Waals surface area contributed by atoms with E-state index in [2.05, 4.69) is 5.32 Å². The normalized spacial score (nSPS) is 14.8. The Labute approximate surface area is 112 Å². The van der Waals surface area contributed by atoms with Crippen LogP contribution in [0.5, 0.6) is 0 Å². The maximum Gasteiger partial charge on any atom is 0.293 e. The van der Waals surface area contributed by atoms with Crippen molar-refractivity contribution in [2.24, 2.45) is 0 Å². The van der Waals surface area contributed by atoms with Crippen molar-refractivity contribution in [2.45, 2.75) is 0 Å². The van der Waals surface area contributed by atoms with Gasteiger partial charge in [0, 0.05) is 19.2 Å². The third kappa shape index (κ3) is 2.37. The molecule has 0 aromatic heterocycles. The second kappa shape index (κ2) is 5.11. The molecular weight excluding hydrogens is 271 g/mol. The molecule has 0 unspecified atom stereocenters. The van der Waals surface area contributed by atoms with Crippen molar-refractivity contribution in [2.75, 3.05) is 25.4 Å². The molecule has 0 aliphatic carbocycles. The lowest BCUT2D eigenvalue weighted by atomic mass is 10.1. The molecule has 1 fully saturated rings. The predicted octanol–water partition coefficient (Wildman–Crippen LogP) is -0.112. The van der Waals surface area contributed by atoms with Crippen molar-refractivity contribution < 1.29 is 18.9 Å². The number of carbonyl (C=O) groups is 2. The zero-order valence-corrected chi connectivity index (χ0v) is 10.3. The molecule has 1 aliphatic rings. The van der Waals surface area contributed by atoms with Gasteiger partial charge >= 0.3 is 0 Å². The van der Waals surface area contributed by atoms with E-state index in [4.69, 9.17) is 5.73 Å². The highest BCUT2D eigenvalue weighted by atomic mass is 19.1. The lowest BCUT2D eigenvalue weighted by molar-refractivity contribution is -0.384. The number of nitrogens with zero attached hydrogens (tertiary/aromatic N) is 2. The number of carbonyl (C=O) groups excluding carboxylic acids is 2. The van der Waals surface area contributed by atoms with E-state index in [1.807, 2.05) is 0 Å². The van der Waals surface area contributed by atoms with Gasteiger partial charge in [0.25, 0.3) is 11.6 Å². The smallest absolute Gasteiger partial charge is 0.293 e. The molecule has 0 saturated carbocycles. The van der Waals surface area contributed by atoms with Crippen LogP contribution in [0.25, 0.3) is 0 Å². The summed E-state index contributed by atoms with van der Waals surface area (Å²) in [4.78, 5) is 34.4. The first-order valence-corrected chi connectivity index (χ1v) is 5.70. The van der Waals surface area contributed by atoms with Gasteiger partial charge in [-0.05, 0) is 6.07 Å². The van der Waals surface area contributed by atoms with Crippen molar-refractivity contribution in [1.29, 1.82) is 0 Å². The van der Waals surface area contributed by atoms with Gasteiger partial charge in [0.1, 0.15) is 17.1 Å². The fourth-order valence-electron chi connectivity index (χ4n) is 1.93. The third-order valence-electron chi connectivity index (χ3n) is 2.91. The summed E-state index contributed by atoms with van der Waals surface area (Å²) in [6.07, 6.45) is 0. The second-order valence-electron chi connectivity index (χ2n) is 4.19. The highest BCUT2D eigenvalue weighted by molar-refractivity contribution is 6.02. The van der Waals surface area contributed by atoms with Gasteiger partial charge in [-0.25, -0.2) is 4.39 Å². The van der Waals surface area contributed by atoms with Gasteiger partial charge in [0.2, 0.25) is 5.91 Å². The van der Waals surface area contributed by atoms with Crippen LogP contribution in [0, 0.1) is 15.9 Å². The number of nitrogens with two attached hydrogens (primary N) is 1. The van der Waals surface area contributed by atoms with E-state index in [0.29, 0.717) is 0 Å². The standard InChI is InChI=1S/C11H11FN4O4/c12-6-1-2-7(16(19)20)10(13)9(6)11(18)15-4-3-14-8(17)5-15/h1-2H,3-5,13H2,(H,14,17). The molecule has 9 heteroatoms. The number of halogens is 1. The van der Waals surface area contributed by atoms with E-state index >= 15 is 0 Å². The Hall–Kier alpha value is -2.71. The number of nitrogen functional groups attached to an aromatic ring is 1. The number of anilines is 1. The summed E-state index contributed by atoms with van der Waals surface area (Å²) < 4.78 is 13.7. The summed E-state index contributed by atoms with van der Waals surface area (Å²) in [5.41, 5.74) is 3.84. The fraction of sp³-hybridized carbons (Fsp3) is 0.273. The molecule has 0 bridgehead atoms. The SMILES string of the molecule is Nc1c([N+](=O)[O-])ccc(F)c1C(=O)N1CCNC(=O)C1. The van der Waals surface area contributed by atoms with Crippen molar-refractivity contribution in [3.05, 3.63) is 33.6 Å². The Morgan fingerprint density at radius 1 is 1.50 bits per heavy atom. The van der Waals surface area contributed by atoms with Crippen LogP contribution < -0.4 is 11.1 Å². The Kier molecular flexibility index (Phi) is 3.51. The zero-order chi connectivity index (χ0) is 14.9. The molecule has 8 nitrogen and oxygen atoms in total. The Balaban J connectivity index is 2.41. The lowest BCUT2D eigenvalue weighted by Crippen LogP contribution is -2.50. The number of amides is 2. The minimum atomic E-state index is -0.955. The summed E-state index contributed by atoms with van der Waals surface area (Å²) in [5, 5.41) is 13.3. The third-order valence-corrected chi connectivity index (χ3v) is 2.91. The quantitative estimate of drug-likeness (QED) is 0.445. The molecule has 106 valence electrons. The average molecular weight is 282 g/mol. The van der Waals surface area contributed by atoms with Gasteiger partial charge in [0.05, 0.1) is 11.5 Å². The molecule has 3 N–H and O–H groups in total. The number of rotatable bonds is 2. The molecule has 1 heterocycles. The summed E-state index contributed by atoms with van der Waals surface area (Å²) in [5.74, 6) is -2.17. The number of nitro groups is 1. The van der Waals surface area contributed by atoms with E-state index in [1.165, 1.54) is 0 Å². The summed E-state index contributed by atoms with van der Waals surface area (Å²) in [6.45, 7) is 0.188. The van der Waals surface area contributed by atoms with Gasteiger partial charge < -0.3 is 16.0 Å². The Morgan fingerprint density at radius 3 is 2.80 bits per heavy atom. The van der Waals surface area contributed by atoms with E-state index < -0.39 is 33.6 Å². The van der Waals surface area contributed by atoms with Crippen LogP contribution >= 0.6 is 0 Å². The predicted molar refractivity (Wildman–Crippen MR) is 66.4 cm³/mol. The maximum atomic E-state index is 13.7. The highest BCUT2D eigenvalue weighted by Gasteiger charge is 2.29. The molecule has 0 spiro atoms. The Morgan fingerprint density at radius 2 is 2.20 bits per heavy atom. The molecule has 1 saturated heterocycles. The Bertz CT molecular complexity index is 604. The summed E-state index contributed by atoms with van der Waals surface area (Å²) in [6, 6.07) is 1.70. The maximum absolute atomic E-state index is 13.7. The molecule has 0 atom stereocenters. The minimum Gasteiger partial charge on any atom is -0.392 e. The largest absolute Gasteiger partial charge is 0.392 e. The molecule has 0 radical (unpaired) electrons. The molecule has 20 heavy (non-hydrogen) atoms. The van der Waals surface area contributed by atoms with E-state index in [0.717, 1.165) is 17.0 Å². The summed E-state index contributed by atoms with van der Waals surface area (Å²) >= 11 is 0. The summed E-state index contributed by atoms with van der Waals surface area (Å²) in [7, 11) is 0. The second-order valence-corrected chi connectivity index (χ2v) is 4.19. The minimum absolute atomic E-state index is 0.187. The van der Waals surface area contributed by atoms with Crippen LogP contribution in [0.15, 0.2) is 12.1 Å². The van der Waals surface area contributed by atoms with Crippen LogP contribution in [-0.4, -0.2) is 41.3 Å². The number of hydrogen-bond acceptors (Lipinski definition) is 5. The number of piperazine rings is 1. The molecule has 2 amide bonds. The van der Waals surface area contributed by atoms with Crippen molar-refractivity contribution in [3.63, 3.8) is 0 Å². The molecular formula is C11H11FN4O4.